The fraction of sp³-hybridized carbons (Fsp3) is 0.375. The number of hydrogen-bond donors (Lipinski definition) is 1. The number of furan rings is 1. The Hall–Kier alpha value is -0.710. The van der Waals surface area contributed by atoms with Crippen LogP contribution in [-0.2, 0) is 9.53 Å². The maximum absolute atomic E-state index is 10.8. The van der Waals surface area contributed by atoms with Crippen LogP contribution in [0.5, 0.6) is 0 Å². The van der Waals surface area contributed by atoms with Gasteiger partial charge < -0.3 is 14.9 Å². The Kier molecular flexibility index (Phi) is 5.60. The summed E-state index contributed by atoms with van der Waals surface area (Å²) in [6.45, 7) is 0. The summed E-state index contributed by atoms with van der Waals surface area (Å²) >= 11 is 5.54. The van der Waals surface area contributed by atoms with Gasteiger partial charge in [-0.15, -0.1) is 12.4 Å². The second-order valence-corrected chi connectivity index (χ2v) is 2.90. The summed E-state index contributed by atoms with van der Waals surface area (Å²) in [4.78, 5) is 10.8. The predicted octanol–water partition coefficient (Wildman–Crippen LogP) is 1.92. The maximum atomic E-state index is 10.8. The van der Waals surface area contributed by atoms with Crippen LogP contribution in [-0.4, -0.2) is 13.1 Å². The highest BCUT2D eigenvalue weighted by molar-refractivity contribution is 6.28. The molecule has 1 heterocycles. The molecule has 2 N–H and O–H groups in total. The molecule has 6 heteroatoms. The Balaban J connectivity index is 0.00000169. The Bertz CT molecular complexity index is 301. The van der Waals surface area contributed by atoms with Crippen molar-refractivity contribution in [2.75, 3.05) is 7.11 Å². The molecular formula is C8H11Cl2NO3. The molecule has 0 radical (unpaired) electrons. The van der Waals surface area contributed by atoms with E-state index < -0.39 is 6.04 Å². The summed E-state index contributed by atoms with van der Waals surface area (Å²) in [5.74, 6) is 0.107. The SMILES string of the molecule is COC(=O)C[C@H](N)c1ccc(Cl)o1.Cl. The molecule has 0 aliphatic heterocycles. The third-order valence-corrected chi connectivity index (χ3v) is 1.78. The average molecular weight is 240 g/mol. The van der Waals surface area contributed by atoms with Gasteiger partial charge in [-0.3, -0.25) is 4.79 Å². The van der Waals surface area contributed by atoms with Gasteiger partial charge in [0.15, 0.2) is 5.22 Å². The van der Waals surface area contributed by atoms with Crippen molar-refractivity contribution in [1.82, 2.24) is 0 Å². The highest BCUT2D eigenvalue weighted by atomic mass is 35.5. The van der Waals surface area contributed by atoms with Crippen molar-refractivity contribution in [3.05, 3.63) is 23.1 Å². The highest BCUT2D eigenvalue weighted by Gasteiger charge is 2.14. The molecule has 0 spiro atoms. The van der Waals surface area contributed by atoms with Crippen LogP contribution in [0.3, 0.4) is 0 Å². The fourth-order valence-corrected chi connectivity index (χ4v) is 1.04. The predicted molar refractivity (Wildman–Crippen MR) is 54.5 cm³/mol. The first-order chi connectivity index (χ1) is 6.13. The number of nitrogens with two attached hydrogens (primary N) is 1. The van der Waals surface area contributed by atoms with Crippen molar-refractivity contribution >= 4 is 30.0 Å². The lowest BCUT2D eigenvalue weighted by Gasteiger charge is -2.05. The van der Waals surface area contributed by atoms with Crippen molar-refractivity contribution in [3.63, 3.8) is 0 Å². The molecule has 4 nitrogen and oxygen atoms in total. The molecular weight excluding hydrogens is 229 g/mol. The first-order valence-electron chi connectivity index (χ1n) is 3.71. The maximum Gasteiger partial charge on any atom is 0.307 e. The van der Waals surface area contributed by atoms with E-state index in [2.05, 4.69) is 4.74 Å². The first-order valence-corrected chi connectivity index (χ1v) is 4.09. The lowest BCUT2D eigenvalue weighted by molar-refractivity contribution is -0.141. The molecule has 14 heavy (non-hydrogen) atoms. The van der Waals surface area contributed by atoms with Gasteiger partial charge in [-0.25, -0.2) is 0 Å². The van der Waals surface area contributed by atoms with Crippen LogP contribution in [0.4, 0.5) is 0 Å². The van der Waals surface area contributed by atoms with Crippen molar-refractivity contribution < 1.29 is 13.9 Å². The van der Waals surface area contributed by atoms with E-state index >= 15 is 0 Å². The largest absolute Gasteiger partial charge is 0.469 e. The molecule has 0 saturated heterocycles. The molecule has 0 unspecified atom stereocenters. The molecule has 80 valence electrons. The van der Waals surface area contributed by atoms with Crippen LogP contribution < -0.4 is 5.73 Å². The second-order valence-electron chi connectivity index (χ2n) is 2.53. The number of halogens is 2. The normalized spacial score (nSPS) is 11.6. The highest BCUT2D eigenvalue weighted by Crippen LogP contribution is 2.20. The van der Waals surface area contributed by atoms with Gasteiger partial charge in [0, 0.05) is 0 Å². The molecule has 0 fully saturated rings. The molecule has 0 aliphatic rings. The summed E-state index contributed by atoms with van der Waals surface area (Å²) in [5, 5.41) is 0.260. The van der Waals surface area contributed by atoms with Gasteiger partial charge in [-0.1, -0.05) is 0 Å². The molecule has 0 aromatic carbocycles. The number of carbonyl (C=O) groups excluding carboxylic acids is 1. The zero-order valence-corrected chi connectivity index (χ0v) is 9.10. The summed E-state index contributed by atoms with van der Waals surface area (Å²) in [6.07, 6.45) is 0.0837. The molecule has 0 bridgehead atoms. The van der Waals surface area contributed by atoms with E-state index in [-0.39, 0.29) is 30.0 Å². The monoisotopic (exact) mass is 239 g/mol. The van der Waals surface area contributed by atoms with E-state index in [1.807, 2.05) is 0 Å². The van der Waals surface area contributed by atoms with Gasteiger partial charge in [-0.2, -0.15) is 0 Å². The second kappa shape index (κ2) is 5.90. The summed E-state index contributed by atoms with van der Waals surface area (Å²) in [7, 11) is 1.31. The summed E-state index contributed by atoms with van der Waals surface area (Å²) in [5.41, 5.74) is 5.63. The Labute approximate surface area is 92.8 Å². The zero-order valence-electron chi connectivity index (χ0n) is 7.53. The van der Waals surface area contributed by atoms with E-state index in [9.17, 15) is 4.79 Å². The van der Waals surface area contributed by atoms with Crippen molar-refractivity contribution in [2.24, 2.45) is 5.73 Å². The van der Waals surface area contributed by atoms with Crippen LogP contribution in [0.1, 0.15) is 18.2 Å². The average Bonchev–Trinajstić information content (AvgIpc) is 2.51. The number of carbonyl (C=O) groups is 1. The molecule has 1 aromatic rings. The van der Waals surface area contributed by atoms with E-state index in [1.165, 1.54) is 7.11 Å². The third-order valence-electron chi connectivity index (χ3n) is 1.57. The molecule has 1 aromatic heterocycles. The van der Waals surface area contributed by atoms with Crippen molar-refractivity contribution in [2.45, 2.75) is 12.5 Å². The van der Waals surface area contributed by atoms with Gasteiger partial charge in [0.25, 0.3) is 0 Å². The molecule has 0 amide bonds. The molecule has 0 aliphatic carbocycles. The van der Waals surface area contributed by atoms with Crippen LogP contribution in [0.25, 0.3) is 0 Å². The van der Waals surface area contributed by atoms with E-state index in [0.717, 1.165) is 0 Å². The van der Waals surface area contributed by atoms with E-state index in [4.69, 9.17) is 21.8 Å². The van der Waals surface area contributed by atoms with Gasteiger partial charge >= 0.3 is 5.97 Å². The molecule has 1 rings (SSSR count). The third kappa shape index (κ3) is 3.57. The van der Waals surface area contributed by atoms with E-state index in [1.54, 1.807) is 12.1 Å². The van der Waals surface area contributed by atoms with Crippen LogP contribution in [0.2, 0.25) is 5.22 Å². The van der Waals surface area contributed by atoms with Gasteiger partial charge in [0.1, 0.15) is 5.76 Å². The topological polar surface area (TPSA) is 65.5 Å². The number of ether oxygens (including phenoxy) is 1. The lowest BCUT2D eigenvalue weighted by atomic mass is 10.2. The Morgan fingerprint density at radius 3 is 2.79 bits per heavy atom. The van der Waals surface area contributed by atoms with Gasteiger partial charge in [0.05, 0.1) is 19.6 Å². The Morgan fingerprint density at radius 2 is 2.36 bits per heavy atom. The van der Waals surface area contributed by atoms with E-state index in [0.29, 0.717) is 5.76 Å². The number of methoxy groups -OCH3 is 1. The van der Waals surface area contributed by atoms with Gasteiger partial charge in [-0.05, 0) is 23.7 Å². The van der Waals surface area contributed by atoms with Crippen LogP contribution in [0.15, 0.2) is 16.5 Å². The summed E-state index contributed by atoms with van der Waals surface area (Å²) < 4.78 is 9.48. The van der Waals surface area contributed by atoms with Gasteiger partial charge in [0.2, 0.25) is 0 Å². The number of esters is 1. The smallest absolute Gasteiger partial charge is 0.307 e. The Morgan fingerprint density at radius 1 is 1.71 bits per heavy atom. The zero-order chi connectivity index (χ0) is 9.84. The number of hydrogen-bond acceptors (Lipinski definition) is 4. The minimum atomic E-state index is -0.500. The minimum absolute atomic E-state index is 0. The minimum Gasteiger partial charge on any atom is -0.469 e. The van der Waals surface area contributed by atoms with Crippen LogP contribution >= 0.6 is 24.0 Å². The quantitative estimate of drug-likeness (QED) is 0.819. The summed E-state index contributed by atoms with van der Waals surface area (Å²) in [6, 6.07) is 2.71. The van der Waals surface area contributed by atoms with Crippen molar-refractivity contribution in [1.29, 1.82) is 0 Å². The lowest BCUT2D eigenvalue weighted by Crippen LogP contribution is -2.15. The molecule has 0 saturated carbocycles. The van der Waals surface area contributed by atoms with Crippen LogP contribution in [0, 0.1) is 0 Å². The van der Waals surface area contributed by atoms with Crippen molar-refractivity contribution in [3.8, 4) is 0 Å². The standard InChI is InChI=1S/C8H10ClNO3.ClH/c1-12-8(11)4-5(10)6-2-3-7(9)13-6;/h2-3,5H,4,10H2,1H3;1H/t5-;/m0./s1. The fourth-order valence-electron chi connectivity index (χ4n) is 0.891. The first kappa shape index (κ1) is 13.3. The molecule has 1 atom stereocenters. The number of rotatable bonds is 3.